The van der Waals surface area contributed by atoms with E-state index < -0.39 is 16.1 Å². The highest BCUT2D eigenvalue weighted by molar-refractivity contribution is 7.89. The fourth-order valence-electron chi connectivity index (χ4n) is 1.69. The summed E-state index contributed by atoms with van der Waals surface area (Å²) >= 11 is 0. The van der Waals surface area contributed by atoms with Gasteiger partial charge in [-0.3, -0.25) is 0 Å². The first-order valence-corrected chi connectivity index (χ1v) is 7.33. The fourth-order valence-corrected chi connectivity index (χ4v) is 2.87. The van der Waals surface area contributed by atoms with Crippen molar-refractivity contribution in [2.24, 2.45) is 0 Å². The van der Waals surface area contributed by atoms with Crippen molar-refractivity contribution >= 4 is 16.3 Å². The number of carbonyl (C=O) groups excluding carboxylic acids is 1. The minimum atomic E-state index is -3.77. The molecule has 0 spiro atoms. The van der Waals surface area contributed by atoms with Gasteiger partial charge in [0.25, 0.3) is 0 Å². The fraction of sp³-hybridized carbons (Fsp3) is 0.0714. The van der Waals surface area contributed by atoms with Crippen LogP contribution in [0.3, 0.4) is 0 Å². The van der Waals surface area contributed by atoms with E-state index in [0.29, 0.717) is 11.8 Å². The molecule has 2 N–H and O–H groups in total. The summed E-state index contributed by atoms with van der Waals surface area (Å²) in [5.74, 6) is 0.0457. The van der Waals surface area contributed by atoms with Crippen LogP contribution in [0.25, 0.3) is 0 Å². The predicted molar refractivity (Wildman–Crippen MR) is 73.7 cm³/mol. The van der Waals surface area contributed by atoms with Gasteiger partial charge in [0.1, 0.15) is 18.1 Å². The van der Waals surface area contributed by atoms with E-state index in [9.17, 15) is 18.3 Å². The maximum atomic E-state index is 12.1. The van der Waals surface area contributed by atoms with Crippen molar-refractivity contribution in [3.05, 3.63) is 60.2 Å². The summed E-state index contributed by atoms with van der Waals surface area (Å²) in [4.78, 5) is 11.2. The first-order chi connectivity index (χ1) is 9.53. The predicted octanol–water partition coefficient (Wildman–Crippen LogP) is 1.61. The van der Waals surface area contributed by atoms with E-state index in [4.69, 9.17) is 0 Å². The number of aromatic hydroxyl groups is 1. The number of sulfonamides is 1. The Hall–Kier alpha value is -2.18. The molecular weight excluding hydrogens is 278 g/mol. The van der Waals surface area contributed by atoms with E-state index in [0.717, 1.165) is 0 Å². The van der Waals surface area contributed by atoms with Crippen LogP contribution < -0.4 is 4.72 Å². The summed E-state index contributed by atoms with van der Waals surface area (Å²) in [6.07, 6.45) is 0.507. The Bertz CT molecular complexity index is 681. The van der Waals surface area contributed by atoms with E-state index >= 15 is 0 Å². The molecule has 2 aromatic carbocycles. The molecule has 5 nitrogen and oxygen atoms in total. The van der Waals surface area contributed by atoms with Crippen LogP contribution in [-0.4, -0.2) is 19.8 Å². The van der Waals surface area contributed by atoms with E-state index in [-0.39, 0.29) is 10.6 Å². The zero-order valence-corrected chi connectivity index (χ0v) is 11.2. The number of benzene rings is 2. The van der Waals surface area contributed by atoms with Crippen molar-refractivity contribution in [1.29, 1.82) is 0 Å². The molecule has 1 atom stereocenters. The second-order valence-corrected chi connectivity index (χ2v) is 5.85. The molecule has 2 aromatic rings. The van der Waals surface area contributed by atoms with Crippen LogP contribution in [0.2, 0.25) is 0 Å². The Morgan fingerprint density at radius 1 is 1.00 bits per heavy atom. The minimum Gasteiger partial charge on any atom is -0.508 e. The van der Waals surface area contributed by atoms with Gasteiger partial charge in [0.05, 0.1) is 4.90 Å². The summed E-state index contributed by atoms with van der Waals surface area (Å²) in [6, 6.07) is 12.6. The molecule has 20 heavy (non-hydrogen) atoms. The van der Waals surface area contributed by atoms with Gasteiger partial charge < -0.3 is 9.90 Å². The Balaban J connectivity index is 2.27. The van der Waals surface area contributed by atoms with Crippen molar-refractivity contribution in [2.45, 2.75) is 10.9 Å². The summed E-state index contributed by atoms with van der Waals surface area (Å²) in [5.41, 5.74) is 0.456. The van der Waals surface area contributed by atoms with Crippen LogP contribution >= 0.6 is 0 Å². The standard InChI is InChI=1S/C14H13NO4S/c16-10-14(11-6-8-12(17)9-7-11)15-20(18,19)13-4-2-1-3-5-13/h1-10,14-15,17H. The van der Waals surface area contributed by atoms with E-state index in [1.807, 2.05) is 0 Å². The number of aldehydes is 1. The highest BCUT2D eigenvalue weighted by Gasteiger charge is 2.20. The molecule has 1 unspecified atom stereocenters. The molecule has 0 saturated heterocycles. The van der Waals surface area contributed by atoms with Gasteiger partial charge in [-0.1, -0.05) is 30.3 Å². The van der Waals surface area contributed by atoms with Crippen LogP contribution in [0.5, 0.6) is 5.75 Å². The normalized spacial score (nSPS) is 12.8. The largest absolute Gasteiger partial charge is 0.508 e. The van der Waals surface area contributed by atoms with Gasteiger partial charge in [-0.25, -0.2) is 8.42 Å². The van der Waals surface area contributed by atoms with Gasteiger partial charge >= 0.3 is 0 Å². The molecule has 0 aromatic heterocycles. The van der Waals surface area contributed by atoms with Gasteiger partial charge in [0.15, 0.2) is 0 Å². The quantitative estimate of drug-likeness (QED) is 0.820. The van der Waals surface area contributed by atoms with E-state index in [1.165, 1.54) is 36.4 Å². The van der Waals surface area contributed by atoms with Gasteiger partial charge in [-0.15, -0.1) is 0 Å². The number of phenols is 1. The second kappa shape index (κ2) is 5.85. The average Bonchev–Trinajstić information content (AvgIpc) is 2.47. The first kappa shape index (κ1) is 14.2. The number of phenolic OH excluding ortho intramolecular Hbond substituents is 1. The molecule has 104 valence electrons. The van der Waals surface area contributed by atoms with Crippen LogP contribution in [0.15, 0.2) is 59.5 Å². The first-order valence-electron chi connectivity index (χ1n) is 5.84. The topological polar surface area (TPSA) is 83.5 Å². The van der Waals surface area contributed by atoms with Crippen molar-refractivity contribution in [1.82, 2.24) is 4.72 Å². The number of hydrogen-bond acceptors (Lipinski definition) is 4. The molecule has 0 radical (unpaired) electrons. The third-order valence-corrected chi connectivity index (χ3v) is 4.18. The zero-order chi connectivity index (χ0) is 14.6. The number of carbonyl (C=O) groups is 1. The molecular formula is C14H13NO4S. The zero-order valence-electron chi connectivity index (χ0n) is 10.4. The summed E-state index contributed by atoms with van der Waals surface area (Å²) in [5, 5.41) is 9.19. The van der Waals surface area contributed by atoms with Crippen LogP contribution in [0, 0.1) is 0 Å². The number of nitrogens with one attached hydrogen (secondary N) is 1. The maximum absolute atomic E-state index is 12.1. The molecule has 0 heterocycles. The molecule has 0 saturated carbocycles. The molecule has 0 aliphatic heterocycles. The summed E-state index contributed by atoms with van der Waals surface area (Å²) < 4.78 is 26.6. The van der Waals surface area contributed by atoms with E-state index in [1.54, 1.807) is 18.2 Å². The van der Waals surface area contributed by atoms with Gasteiger partial charge in [-0.05, 0) is 29.8 Å². The highest BCUT2D eigenvalue weighted by Crippen LogP contribution is 2.18. The Kier molecular flexibility index (Phi) is 4.16. The maximum Gasteiger partial charge on any atom is 0.241 e. The molecule has 0 aliphatic rings. The van der Waals surface area contributed by atoms with Crippen LogP contribution in [-0.2, 0) is 14.8 Å². The van der Waals surface area contributed by atoms with Crippen LogP contribution in [0.4, 0.5) is 0 Å². The van der Waals surface area contributed by atoms with Crippen molar-refractivity contribution < 1.29 is 18.3 Å². The smallest absolute Gasteiger partial charge is 0.241 e. The molecule has 2 rings (SSSR count). The Morgan fingerprint density at radius 3 is 2.15 bits per heavy atom. The molecule has 6 heteroatoms. The number of hydrogen-bond donors (Lipinski definition) is 2. The number of rotatable bonds is 5. The molecule has 0 aliphatic carbocycles. The van der Waals surface area contributed by atoms with Gasteiger partial charge in [-0.2, -0.15) is 4.72 Å². The molecule has 0 bridgehead atoms. The van der Waals surface area contributed by atoms with Gasteiger partial charge in [0, 0.05) is 0 Å². The average molecular weight is 291 g/mol. The van der Waals surface area contributed by atoms with E-state index in [2.05, 4.69) is 4.72 Å². The lowest BCUT2D eigenvalue weighted by Gasteiger charge is -2.13. The SMILES string of the molecule is O=CC(NS(=O)(=O)c1ccccc1)c1ccc(O)cc1. The lowest BCUT2D eigenvalue weighted by molar-refractivity contribution is -0.109. The monoisotopic (exact) mass is 291 g/mol. The van der Waals surface area contributed by atoms with Crippen molar-refractivity contribution in [2.75, 3.05) is 0 Å². The lowest BCUT2D eigenvalue weighted by atomic mass is 10.1. The Morgan fingerprint density at radius 2 is 1.60 bits per heavy atom. The van der Waals surface area contributed by atoms with Gasteiger partial charge in [0.2, 0.25) is 10.0 Å². The third-order valence-electron chi connectivity index (χ3n) is 2.72. The van der Waals surface area contributed by atoms with Crippen molar-refractivity contribution in [3.8, 4) is 5.75 Å². The molecule has 0 fully saturated rings. The lowest BCUT2D eigenvalue weighted by Crippen LogP contribution is -2.29. The van der Waals surface area contributed by atoms with Crippen LogP contribution in [0.1, 0.15) is 11.6 Å². The minimum absolute atomic E-state index is 0.0457. The molecule has 0 amide bonds. The van der Waals surface area contributed by atoms with Crippen molar-refractivity contribution in [3.63, 3.8) is 0 Å². The summed E-state index contributed by atoms with van der Waals surface area (Å²) in [7, 11) is -3.77. The third kappa shape index (κ3) is 3.23. The Labute approximate surface area is 116 Å². The highest BCUT2D eigenvalue weighted by atomic mass is 32.2. The second-order valence-electron chi connectivity index (χ2n) is 4.14. The summed E-state index contributed by atoms with van der Waals surface area (Å²) in [6.45, 7) is 0.